The van der Waals surface area contributed by atoms with E-state index in [4.69, 9.17) is 9.47 Å². The summed E-state index contributed by atoms with van der Waals surface area (Å²) in [6.45, 7) is 3.56. The van der Waals surface area contributed by atoms with E-state index in [1.165, 1.54) is 7.11 Å². The standard InChI is InChI=1S/C17H15F5N2O2/c1-8(2)26-17-9(5-4-6-10(17)25-3)7-23-24-16-14(21)12(19)11(18)13(20)15(16)22/h4-8,24H,1-3H3/b23-7-. The maximum Gasteiger partial charge on any atom is 0.200 e. The summed E-state index contributed by atoms with van der Waals surface area (Å²) < 4.78 is 77.3. The summed E-state index contributed by atoms with van der Waals surface area (Å²) in [4.78, 5) is 0. The van der Waals surface area contributed by atoms with E-state index in [0.29, 0.717) is 17.1 Å². The van der Waals surface area contributed by atoms with Gasteiger partial charge < -0.3 is 9.47 Å². The molecule has 1 N–H and O–H groups in total. The van der Waals surface area contributed by atoms with Crippen LogP contribution in [0.1, 0.15) is 19.4 Å². The molecule has 2 aromatic rings. The number of hydrogen-bond acceptors (Lipinski definition) is 4. The van der Waals surface area contributed by atoms with Crippen LogP contribution >= 0.6 is 0 Å². The van der Waals surface area contributed by atoms with Crippen molar-refractivity contribution in [2.45, 2.75) is 20.0 Å². The summed E-state index contributed by atoms with van der Waals surface area (Å²) in [6, 6.07) is 4.82. The highest BCUT2D eigenvalue weighted by Gasteiger charge is 2.25. The van der Waals surface area contributed by atoms with Crippen LogP contribution in [0.2, 0.25) is 0 Å². The van der Waals surface area contributed by atoms with Gasteiger partial charge in [-0.25, -0.2) is 22.0 Å². The molecule has 4 nitrogen and oxygen atoms in total. The fourth-order valence-corrected chi connectivity index (χ4v) is 2.03. The molecule has 0 atom stereocenters. The fraction of sp³-hybridized carbons (Fsp3) is 0.235. The van der Waals surface area contributed by atoms with Crippen LogP contribution < -0.4 is 14.9 Å². The Bertz CT molecular complexity index is 811. The maximum atomic E-state index is 13.6. The van der Waals surface area contributed by atoms with Crippen molar-refractivity contribution in [3.05, 3.63) is 52.8 Å². The van der Waals surface area contributed by atoms with Crippen molar-refractivity contribution in [3.63, 3.8) is 0 Å². The number of nitrogens with one attached hydrogen (secondary N) is 1. The largest absolute Gasteiger partial charge is 0.493 e. The maximum absolute atomic E-state index is 13.6. The number of nitrogens with zero attached hydrogens (tertiary/aromatic N) is 1. The average molecular weight is 374 g/mol. The molecule has 2 rings (SSSR count). The third-order valence-electron chi connectivity index (χ3n) is 3.17. The number of hydrazone groups is 1. The van der Waals surface area contributed by atoms with Gasteiger partial charge in [0.05, 0.1) is 19.4 Å². The van der Waals surface area contributed by atoms with Gasteiger partial charge in [0.25, 0.3) is 0 Å². The second-order valence-electron chi connectivity index (χ2n) is 5.36. The Morgan fingerprint density at radius 1 is 0.962 bits per heavy atom. The van der Waals surface area contributed by atoms with E-state index >= 15 is 0 Å². The molecule has 2 aromatic carbocycles. The quantitative estimate of drug-likeness (QED) is 0.264. The van der Waals surface area contributed by atoms with Crippen LogP contribution in [0.15, 0.2) is 23.3 Å². The van der Waals surface area contributed by atoms with E-state index in [0.717, 1.165) is 6.21 Å². The van der Waals surface area contributed by atoms with Gasteiger partial charge in [-0.3, -0.25) is 5.43 Å². The molecular formula is C17H15F5N2O2. The molecular weight excluding hydrogens is 359 g/mol. The van der Waals surface area contributed by atoms with Crippen molar-refractivity contribution >= 4 is 11.9 Å². The van der Waals surface area contributed by atoms with Gasteiger partial charge in [-0.15, -0.1) is 0 Å². The van der Waals surface area contributed by atoms with Gasteiger partial charge >= 0.3 is 0 Å². The highest BCUT2D eigenvalue weighted by Crippen LogP contribution is 2.31. The lowest BCUT2D eigenvalue weighted by molar-refractivity contribution is 0.230. The van der Waals surface area contributed by atoms with E-state index in [2.05, 4.69) is 5.10 Å². The average Bonchev–Trinajstić information content (AvgIpc) is 2.61. The molecule has 0 saturated carbocycles. The first kappa shape index (κ1) is 19.5. The molecule has 26 heavy (non-hydrogen) atoms. The number of methoxy groups -OCH3 is 1. The van der Waals surface area contributed by atoms with E-state index in [1.54, 1.807) is 32.0 Å². The fourth-order valence-electron chi connectivity index (χ4n) is 2.03. The second-order valence-corrected chi connectivity index (χ2v) is 5.36. The Labute approximate surface area is 146 Å². The van der Waals surface area contributed by atoms with Crippen molar-refractivity contribution in [1.29, 1.82) is 0 Å². The van der Waals surface area contributed by atoms with Gasteiger partial charge in [0.15, 0.2) is 34.8 Å². The number of para-hydroxylation sites is 1. The van der Waals surface area contributed by atoms with Crippen LogP contribution in [0.5, 0.6) is 11.5 Å². The van der Waals surface area contributed by atoms with Crippen LogP contribution in [0, 0.1) is 29.1 Å². The molecule has 0 unspecified atom stereocenters. The van der Waals surface area contributed by atoms with Crippen LogP contribution in [0.3, 0.4) is 0 Å². The molecule has 0 fully saturated rings. The number of anilines is 1. The van der Waals surface area contributed by atoms with Crippen molar-refractivity contribution in [2.24, 2.45) is 5.10 Å². The molecule has 0 aliphatic carbocycles. The molecule has 0 amide bonds. The topological polar surface area (TPSA) is 42.8 Å². The van der Waals surface area contributed by atoms with E-state index in [1.807, 2.05) is 5.43 Å². The summed E-state index contributed by atoms with van der Waals surface area (Å²) >= 11 is 0. The summed E-state index contributed by atoms with van der Waals surface area (Å²) in [6.07, 6.45) is 0.903. The third kappa shape index (κ3) is 3.87. The summed E-state index contributed by atoms with van der Waals surface area (Å²) in [7, 11) is 1.43. The van der Waals surface area contributed by atoms with E-state index < -0.39 is 34.8 Å². The molecule has 0 spiro atoms. The zero-order valence-corrected chi connectivity index (χ0v) is 14.0. The predicted molar refractivity (Wildman–Crippen MR) is 86.2 cm³/mol. The number of ether oxygens (including phenoxy) is 2. The van der Waals surface area contributed by atoms with Crippen molar-refractivity contribution in [2.75, 3.05) is 12.5 Å². The van der Waals surface area contributed by atoms with Gasteiger partial charge in [-0.2, -0.15) is 5.10 Å². The molecule has 0 aliphatic heterocycles. The van der Waals surface area contributed by atoms with Crippen molar-refractivity contribution < 1.29 is 31.4 Å². The lowest BCUT2D eigenvalue weighted by atomic mass is 10.2. The molecule has 0 aromatic heterocycles. The van der Waals surface area contributed by atoms with E-state index in [9.17, 15) is 22.0 Å². The molecule has 9 heteroatoms. The SMILES string of the molecule is COc1cccc(/C=N\Nc2c(F)c(F)c(F)c(F)c2F)c1OC(C)C. The van der Waals surface area contributed by atoms with Crippen LogP contribution in [-0.2, 0) is 0 Å². The number of rotatable bonds is 6. The first-order valence-electron chi connectivity index (χ1n) is 7.42. The summed E-state index contributed by atoms with van der Waals surface area (Å²) in [5.41, 5.74) is 0.945. The van der Waals surface area contributed by atoms with Gasteiger partial charge in [-0.05, 0) is 26.0 Å². The minimum Gasteiger partial charge on any atom is -0.493 e. The summed E-state index contributed by atoms with van der Waals surface area (Å²) in [5, 5.41) is 3.54. The second kappa shape index (κ2) is 8.03. The Morgan fingerprint density at radius 3 is 2.08 bits per heavy atom. The molecule has 0 bridgehead atoms. The van der Waals surface area contributed by atoms with Crippen molar-refractivity contribution in [3.8, 4) is 11.5 Å². The zero-order chi connectivity index (χ0) is 19.4. The van der Waals surface area contributed by atoms with E-state index in [-0.39, 0.29) is 6.10 Å². The smallest absolute Gasteiger partial charge is 0.200 e. The molecule has 140 valence electrons. The molecule has 0 heterocycles. The highest BCUT2D eigenvalue weighted by atomic mass is 19.2. The van der Waals surface area contributed by atoms with Crippen molar-refractivity contribution in [1.82, 2.24) is 0 Å². The highest BCUT2D eigenvalue weighted by molar-refractivity contribution is 5.85. The molecule has 0 aliphatic rings. The predicted octanol–water partition coefficient (Wildman–Crippen LogP) is 4.62. The number of halogens is 5. The van der Waals surface area contributed by atoms with Gasteiger partial charge in [0.2, 0.25) is 5.82 Å². The zero-order valence-electron chi connectivity index (χ0n) is 14.0. The number of hydrogen-bond donors (Lipinski definition) is 1. The normalized spacial score (nSPS) is 11.3. The lowest BCUT2D eigenvalue weighted by Gasteiger charge is -2.15. The van der Waals surface area contributed by atoms with Crippen LogP contribution in [-0.4, -0.2) is 19.4 Å². The first-order valence-corrected chi connectivity index (χ1v) is 7.42. The third-order valence-corrected chi connectivity index (χ3v) is 3.17. The Hall–Kier alpha value is -2.84. The Morgan fingerprint density at radius 2 is 1.54 bits per heavy atom. The Kier molecular flexibility index (Phi) is 6.01. The summed E-state index contributed by atoms with van der Waals surface area (Å²) in [5.74, 6) is -9.69. The Balaban J connectivity index is 2.36. The van der Waals surface area contributed by atoms with Gasteiger partial charge in [0, 0.05) is 5.56 Å². The molecule has 0 saturated heterocycles. The monoisotopic (exact) mass is 374 g/mol. The van der Waals surface area contributed by atoms with Gasteiger partial charge in [0.1, 0.15) is 5.69 Å². The lowest BCUT2D eigenvalue weighted by Crippen LogP contribution is -2.09. The van der Waals surface area contributed by atoms with Crippen LogP contribution in [0.25, 0.3) is 0 Å². The minimum absolute atomic E-state index is 0.207. The van der Waals surface area contributed by atoms with Gasteiger partial charge in [-0.1, -0.05) is 6.07 Å². The van der Waals surface area contributed by atoms with Crippen LogP contribution in [0.4, 0.5) is 27.6 Å². The molecule has 0 radical (unpaired) electrons. The number of benzene rings is 2. The first-order chi connectivity index (χ1) is 12.3. The minimum atomic E-state index is -2.24.